The van der Waals surface area contributed by atoms with E-state index in [0.29, 0.717) is 9.23 Å². The Morgan fingerprint density at radius 3 is 2.09 bits per heavy atom. The Hall–Kier alpha value is -3.74. The number of thioether (sulfide) groups is 1. The minimum Gasteiger partial charge on any atom is -0.272 e. The summed E-state index contributed by atoms with van der Waals surface area (Å²) in [5.74, 6) is -1.23. The largest absolute Gasteiger partial charge is 0.285 e. The van der Waals surface area contributed by atoms with Crippen LogP contribution >= 0.6 is 24.0 Å². The van der Waals surface area contributed by atoms with Gasteiger partial charge in [0.2, 0.25) is 0 Å². The number of rotatable bonds is 5. The van der Waals surface area contributed by atoms with Crippen molar-refractivity contribution < 1.29 is 9.59 Å². The Morgan fingerprint density at radius 2 is 1.41 bits per heavy atom. The molecule has 1 saturated heterocycles. The van der Waals surface area contributed by atoms with E-state index < -0.39 is 5.92 Å². The van der Waals surface area contributed by atoms with Gasteiger partial charge in [-0.1, -0.05) is 115 Å². The monoisotopic (exact) mass is 480 g/mol. The summed E-state index contributed by atoms with van der Waals surface area (Å²) in [5, 5.41) is 3.32. The fourth-order valence-corrected chi connectivity index (χ4v) is 5.21. The summed E-state index contributed by atoms with van der Waals surface area (Å²) in [7, 11) is 0. The van der Waals surface area contributed by atoms with E-state index in [1.807, 2.05) is 109 Å². The molecule has 0 atom stereocenters. The molecule has 0 radical (unpaired) electrons. The van der Waals surface area contributed by atoms with Crippen LogP contribution in [0.3, 0.4) is 0 Å². The number of hydrogen-bond acceptors (Lipinski definition) is 4. The van der Waals surface area contributed by atoms with E-state index in [4.69, 9.17) is 12.2 Å². The molecule has 0 aromatic heterocycles. The summed E-state index contributed by atoms with van der Waals surface area (Å²) in [4.78, 5) is 27.1. The first-order chi connectivity index (χ1) is 16.6. The van der Waals surface area contributed by atoms with Gasteiger partial charge in [0.25, 0.3) is 11.8 Å². The van der Waals surface area contributed by atoms with Crippen molar-refractivity contribution in [3.05, 3.63) is 125 Å². The van der Waals surface area contributed by atoms with Crippen LogP contribution in [0.25, 0.3) is 16.8 Å². The van der Waals surface area contributed by atoms with Crippen LogP contribution in [0.2, 0.25) is 0 Å². The van der Waals surface area contributed by atoms with Gasteiger partial charge >= 0.3 is 0 Å². The summed E-state index contributed by atoms with van der Waals surface area (Å²) < 4.78 is 0.296. The number of hydrogen-bond donors (Lipinski definition) is 1. The highest BCUT2D eigenvalue weighted by Gasteiger charge is 2.35. The number of nitrogens with one attached hydrogen (secondary N) is 1. The molecule has 1 aliphatic heterocycles. The van der Waals surface area contributed by atoms with Crippen LogP contribution < -0.4 is 5.43 Å². The first-order valence-corrected chi connectivity index (χ1v) is 12.0. The average Bonchev–Trinajstić information content (AvgIpc) is 3.13. The maximum absolute atomic E-state index is 13.4. The molecule has 5 rings (SSSR count). The van der Waals surface area contributed by atoms with E-state index in [2.05, 4.69) is 5.43 Å². The van der Waals surface area contributed by atoms with Crippen LogP contribution in [0.5, 0.6) is 0 Å². The van der Waals surface area contributed by atoms with Crippen LogP contribution in [0.15, 0.2) is 108 Å². The molecule has 4 aromatic rings. The van der Waals surface area contributed by atoms with Crippen molar-refractivity contribution in [2.45, 2.75) is 5.92 Å². The molecule has 4 nitrogen and oxygen atoms in total. The maximum Gasteiger partial charge on any atom is 0.285 e. The average molecular weight is 481 g/mol. The molecule has 0 spiro atoms. The SMILES string of the molecule is O=C(NN1C(=O)C(=Cc2cccc3ccccc23)SC1=S)C(c1ccccc1)c1ccccc1. The highest BCUT2D eigenvalue weighted by molar-refractivity contribution is 8.26. The second kappa shape index (κ2) is 9.63. The highest BCUT2D eigenvalue weighted by Crippen LogP contribution is 2.34. The van der Waals surface area contributed by atoms with Crippen LogP contribution in [0.1, 0.15) is 22.6 Å². The van der Waals surface area contributed by atoms with Gasteiger partial charge in [-0.3, -0.25) is 15.0 Å². The van der Waals surface area contributed by atoms with E-state index in [1.165, 1.54) is 16.8 Å². The standard InChI is InChI=1S/C28H20N2O2S2/c31-26(25(20-11-3-1-4-12-20)21-13-5-2-6-14-21)29-30-27(32)24(34-28(30)33)18-22-16-9-15-19-10-7-8-17-23(19)22/h1-18,25H,(H,29,31). The van der Waals surface area contributed by atoms with Crippen molar-refractivity contribution in [1.29, 1.82) is 0 Å². The van der Waals surface area contributed by atoms with E-state index in [9.17, 15) is 9.59 Å². The molecular weight excluding hydrogens is 460 g/mol. The molecule has 0 unspecified atom stereocenters. The number of nitrogens with zero attached hydrogens (tertiary/aromatic N) is 1. The summed E-state index contributed by atoms with van der Waals surface area (Å²) in [6.07, 6.45) is 1.83. The lowest BCUT2D eigenvalue weighted by Gasteiger charge is -2.22. The minimum absolute atomic E-state index is 0.296. The number of fused-ring (bicyclic) bond motifs is 1. The number of benzene rings is 4. The Labute approximate surface area is 207 Å². The molecule has 4 aromatic carbocycles. The zero-order valence-electron chi connectivity index (χ0n) is 18.0. The highest BCUT2D eigenvalue weighted by atomic mass is 32.2. The van der Waals surface area contributed by atoms with Crippen LogP contribution in [-0.2, 0) is 9.59 Å². The third-order valence-corrected chi connectivity index (χ3v) is 6.96. The molecule has 34 heavy (non-hydrogen) atoms. The minimum atomic E-state index is -0.575. The molecule has 1 fully saturated rings. The molecular formula is C28H20N2O2S2. The quantitative estimate of drug-likeness (QED) is 0.285. The van der Waals surface area contributed by atoms with Crippen LogP contribution in [-0.4, -0.2) is 21.1 Å². The third-order valence-electron chi connectivity index (χ3n) is 5.65. The summed E-state index contributed by atoms with van der Waals surface area (Å²) >= 11 is 6.64. The molecule has 1 aliphatic rings. The first-order valence-electron chi connectivity index (χ1n) is 10.8. The molecule has 0 bridgehead atoms. The second-order valence-electron chi connectivity index (χ2n) is 7.82. The van der Waals surface area contributed by atoms with E-state index in [-0.39, 0.29) is 11.8 Å². The van der Waals surface area contributed by atoms with Crippen molar-refractivity contribution in [3.63, 3.8) is 0 Å². The Balaban J connectivity index is 1.43. The van der Waals surface area contributed by atoms with Gasteiger partial charge in [0.15, 0.2) is 4.32 Å². The van der Waals surface area contributed by atoms with Crippen LogP contribution in [0.4, 0.5) is 0 Å². The maximum atomic E-state index is 13.4. The van der Waals surface area contributed by atoms with Gasteiger partial charge in [-0.05, 0) is 45.8 Å². The van der Waals surface area contributed by atoms with Crippen molar-refractivity contribution in [3.8, 4) is 0 Å². The fraction of sp³-hybridized carbons (Fsp3) is 0.0357. The predicted octanol–water partition coefficient (Wildman–Crippen LogP) is 5.90. The van der Waals surface area contributed by atoms with Crippen molar-refractivity contribution in [2.75, 3.05) is 0 Å². The number of amides is 2. The number of hydrazine groups is 1. The predicted molar refractivity (Wildman–Crippen MR) is 142 cm³/mol. The van der Waals surface area contributed by atoms with E-state index in [1.54, 1.807) is 0 Å². The van der Waals surface area contributed by atoms with Crippen LogP contribution in [0, 0.1) is 0 Å². The third kappa shape index (κ3) is 4.38. The van der Waals surface area contributed by atoms with Gasteiger partial charge in [0.1, 0.15) is 0 Å². The Bertz CT molecular complexity index is 1370. The lowest BCUT2D eigenvalue weighted by molar-refractivity contribution is -0.133. The van der Waals surface area contributed by atoms with Gasteiger partial charge in [-0.2, -0.15) is 5.01 Å². The number of carbonyl (C=O) groups excluding carboxylic acids is 2. The first kappa shape index (κ1) is 22.1. The van der Waals surface area contributed by atoms with Gasteiger partial charge in [0, 0.05) is 0 Å². The lowest BCUT2D eigenvalue weighted by Crippen LogP contribution is -2.46. The van der Waals surface area contributed by atoms with Crippen molar-refractivity contribution in [1.82, 2.24) is 10.4 Å². The van der Waals surface area contributed by atoms with E-state index in [0.717, 1.165) is 27.5 Å². The smallest absolute Gasteiger partial charge is 0.272 e. The number of carbonyl (C=O) groups is 2. The van der Waals surface area contributed by atoms with Gasteiger partial charge in [-0.25, -0.2) is 0 Å². The zero-order chi connectivity index (χ0) is 23.5. The number of thiocarbonyl (C=S) groups is 1. The molecule has 2 amide bonds. The summed E-state index contributed by atoms with van der Waals surface area (Å²) in [5.41, 5.74) is 5.37. The summed E-state index contributed by atoms with van der Waals surface area (Å²) in [6, 6.07) is 33.0. The molecule has 0 saturated carbocycles. The topological polar surface area (TPSA) is 49.4 Å². The second-order valence-corrected chi connectivity index (χ2v) is 9.49. The Kier molecular flexibility index (Phi) is 6.25. The lowest BCUT2D eigenvalue weighted by atomic mass is 9.91. The Morgan fingerprint density at radius 1 is 0.824 bits per heavy atom. The molecule has 6 heteroatoms. The van der Waals surface area contributed by atoms with Gasteiger partial charge in [0.05, 0.1) is 10.8 Å². The van der Waals surface area contributed by atoms with E-state index >= 15 is 0 Å². The molecule has 166 valence electrons. The van der Waals surface area contributed by atoms with Gasteiger partial charge < -0.3 is 0 Å². The molecule has 1 heterocycles. The molecule has 1 N–H and O–H groups in total. The normalized spacial score (nSPS) is 14.9. The fourth-order valence-electron chi connectivity index (χ4n) is 4.04. The van der Waals surface area contributed by atoms with Crippen molar-refractivity contribution >= 4 is 57.0 Å². The zero-order valence-corrected chi connectivity index (χ0v) is 19.7. The van der Waals surface area contributed by atoms with Gasteiger partial charge in [-0.15, -0.1) is 0 Å². The van der Waals surface area contributed by atoms with Crippen molar-refractivity contribution in [2.24, 2.45) is 0 Å². The summed E-state index contributed by atoms with van der Waals surface area (Å²) in [6.45, 7) is 0. The molecule has 0 aliphatic carbocycles.